The number of ether oxygens (including phenoxy) is 3. The molecule has 4 aromatic carbocycles. The van der Waals surface area contributed by atoms with Gasteiger partial charge in [0.1, 0.15) is 12.4 Å². The number of hydrogen-bond donors (Lipinski definition) is 0. The predicted octanol–water partition coefficient (Wildman–Crippen LogP) is 7.23. The highest BCUT2D eigenvalue weighted by molar-refractivity contribution is 8.27. The minimum absolute atomic E-state index is 0.158. The molecule has 0 saturated carbocycles. The van der Waals surface area contributed by atoms with E-state index in [0.717, 1.165) is 16.9 Å². The van der Waals surface area contributed by atoms with E-state index in [1.807, 2.05) is 67.6 Å². The Balaban J connectivity index is 1.34. The monoisotopic (exact) mass is 527 g/mol. The van der Waals surface area contributed by atoms with Crippen LogP contribution in [-0.2, 0) is 11.4 Å². The van der Waals surface area contributed by atoms with Gasteiger partial charge in [-0.15, -0.1) is 0 Å². The topological polar surface area (TPSA) is 48.0 Å². The number of hydrogen-bond acceptors (Lipinski definition) is 6. The van der Waals surface area contributed by atoms with Crippen LogP contribution in [0.2, 0.25) is 0 Å². The number of benzene rings is 4. The van der Waals surface area contributed by atoms with Crippen molar-refractivity contribution in [1.29, 1.82) is 0 Å². The van der Waals surface area contributed by atoms with Crippen LogP contribution >= 0.6 is 24.0 Å². The molecule has 0 bridgehead atoms. The Morgan fingerprint density at radius 3 is 2.43 bits per heavy atom. The predicted molar refractivity (Wildman–Crippen MR) is 155 cm³/mol. The van der Waals surface area contributed by atoms with Crippen LogP contribution in [0.4, 0.5) is 5.69 Å². The summed E-state index contributed by atoms with van der Waals surface area (Å²) < 4.78 is 17.7. The Bertz CT molecular complexity index is 1500. The molecule has 0 aromatic heterocycles. The molecular formula is C30H25NO4S2. The number of fused-ring (bicyclic) bond motifs is 1. The fraction of sp³-hybridized carbons (Fsp3) is 0.133. The average Bonchev–Trinajstić information content (AvgIpc) is 3.20. The molecule has 1 aliphatic rings. The van der Waals surface area contributed by atoms with Crippen LogP contribution in [-0.4, -0.2) is 23.9 Å². The third kappa shape index (κ3) is 5.48. The largest absolute Gasteiger partial charge is 0.497 e. The Kier molecular flexibility index (Phi) is 7.44. The van der Waals surface area contributed by atoms with Gasteiger partial charge in [-0.05, 0) is 77.4 Å². The zero-order valence-corrected chi connectivity index (χ0v) is 22.1. The minimum Gasteiger partial charge on any atom is -0.497 e. The van der Waals surface area contributed by atoms with Gasteiger partial charge in [0.15, 0.2) is 15.8 Å². The van der Waals surface area contributed by atoms with Crippen LogP contribution < -0.4 is 19.1 Å². The molecule has 186 valence electrons. The van der Waals surface area contributed by atoms with E-state index in [9.17, 15) is 4.79 Å². The van der Waals surface area contributed by atoms with E-state index in [1.165, 1.54) is 27.4 Å². The summed E-state index contributed by atoms with van der Waals surface area (Å²) in [5.41, 5.74) is 2.61. The zero-order valence-electron chi connectivity index (χ0n) is 20.5. The summed E-state index contributed by atoms with van der Waals surface area (Å²) in [4.78, 5) is 15.3. The van der Waals surface area contributed by atoms with Crippen molar-refractivity contribution in [3.8, 4) is 17.2 Å². The molecule has 0 unspecified atom stereocenters. The van der Waals surface area contributed by atoms with Crippen LogP contribution in [0.15, 0.2) is 89.8 Å². The maximum absolute atomic E-state index is 13.2. The molecule has 7 heteroatoms. The highest BCUT2D eigenvalue weighted by atomic mass is 32.2. The average molecular weight is 528 g/mol. The normalized spacial score (nSPS) is 14.4. The minimum atomic E-state index is -0.158. The quantitative estimate of drug-likeness (QED) is 0.178. The molecule has 1 heterocycles. The smallest absolute Gasteiger partial charge is 0.270 e. The second-order valence-corrected chi connectivity index (χ2v) is 10.0. The molecule has 1 aliphatic heterocycles. The summed E-state index contributed by atoms with van der Waals surface area (Å²) in [5, 5.41) is 2.37. The van der Waals surface area contributed by atoms with Crippen molar-refractivity contribution >= 4 is 56.7 Å². The Labute approximate surface area is 225 Å². The molecule has 37 heavy (non-hydrogen) atoms. The number of rotatable bonds is 8. The second-order valence-electron chi connectivity index (χ2n) is 8.32. The van der Waals surface area contributed by atoms with Crippen LogP contribution in [0.25, 0.3) is 16.8 Å². The zero-order chi connectivity index (χ0) is 25.8. The Morgan fingerprint density at radius 2 is 1.68 bits per heavy atom. The van der Waals surface area contributed by atoms with Crippen LogP contribution in [0.5, 0.6) is 17.2 Å². The van der Waals surface area contributed by atoms with Crippen molar-refractivity contribution in [3.63, 3.8) is 0 Å². The fourth-order valence-corrected chi connectivity index (χ4v) is 5.36. The third-order valence-corrected chi connectivity index (χ3v) is 7.20. The molecule has 5 nitrogen and oxygen atoms in total. The molecule has 0 atom stereocenters. The van der Waals surface area contributed by atoms with E-state index in [1.54, 1.807) is 7.11 Å². The lowest BCUT2D eigenvalue weighted by Gasteiger charge is -2.15. The van der Waals surface area contributed by atoms with E-state index < -0.39 is 0 Å². The van der Waals surface area contributed by atoms with Gasteiger partial charge >= 0.3 is 0 Å². The standard InChI is InChI=1S/C30H25NO4S2/c1-3-34-27-17-20(9-15-26(27)35-19-21-8-10-22-6-4-5-7-23(22)16-21)18-28-29(32)31(30(36)37-28)24-11-13-25(33-2)14-12-24/h4-18H,3,19H2,1-2H3/b28-18-. The number of anilines is 1. The first kappa shape index (κ1) is 24.9. The van der Waals surface area contributed by atoms with Gasteiger partial charge in [0.05, 0.1) is 24.3 Å². The van der Waals surface area contributed by atoms with Crippen molar-refractivity contribution in [2.24, 2.45) is 0 Å². The number of methoxy groups -OCH3 is 1. The summed E-state index contributed by atoms with van der Waals surface area (Å²) in [5.74, 6) is 1.84. The number of carbonyl (C=O) groups excluding carboxylic acids is 1. The number of amides is 1. The lowest BCUT2D eigenvalue weighted by molar-refractivity contribution is -0.113. The van der Waals surface area contributed by atoms with E-state index in [0.29, 0.717) is 39.6 Å². The van der Waals surface area contributed by atoms with E-state index in [-0.39, 0.29) is 5.91 Å². The molecule has 1 saturated heterocycles. The van der Waals surface area contributed by atoms with Crippen molar-refractivity contribution in [3.05, 3.63) is 101 Å². The first-order valence-corrected chi connectivity index (χ1v) is 13.1. The van der Waals surface area contributed by atoms with Gasteiger partial charge in [0.25, 0.3) is 5.91 Å². The third-order valence-electron chi connectivity index (χ3n) is 5.90. The molecule has 0 spiro atoms. The first-order valence-electron chi connectivity index (χ1n) is 11.8. The summed E-state index contributed by atoms with van der Waals surface area (Å²) >= 11 is 6.78. The van der Waals surface area contributed by atoms with Gasteiger partial charge in [-0.1, -0.05) is 66.4 Å². The van der Waals surface area contributed by atoms with Gasteiger partial charge in [-0.2, -0.15) is 0 Å². The molecule has 0 aliphatic carbocycles. The van der Waals surface area contributed by atoms with Crippen molar-refractivity contribution in [1.82, 2.24) is 0 Å². The molecule has 1 fully saturated rings. The van der Waals surface area contributed by atoms with Gasteiger partial charge < -0.3 is 14.2 Å². The fourth-order valence-electron chi connectivity index (χ4n) is 4.06. The van der Waals surface area contributed by atoms with Gasteiger partial charge in [-0.25, -0.2) is 0 Å². The first-order chi connectivity index (χ1) is 18.1. The molecule has 1 amide bonds. The molecule has 5 rings (SSSR count). The van der Waals surface area contributed by atoms with Gasteiger partial charge in [0, 0.05) is 0 Å². The number of thioether (sulfide) groups is 1. The number of carbonyl (C=O) groups is 1. The Morgan fingerprint density at radius 1 is 0.892 bits per heavy atom. The van der Waals surface area contributed by atoms with Crippen LogP contribution in [0.3, 0.4) is 0 Å². The Hall–Kier alpha value is -3.81. The maximum atomic E-state index is 13.2. The SMILES string of the molecule is CCOc1cc(/C=C2\SC(=S)N(c3ccc(OC)cc3)C2=O)ccc1OCc1ccc2ccccc2c1. The van der Waals surface area contributed by atoms with E-state index in [2.05, 4.69) is 30.3 Å². The molecule has 0 radical (unpaired) electrons. The summed E-state index contributed by atoms with van der Waals surface area (Å²) in [6.07, 6.45) is 1.83. The lowest BCUT2D eigenvalue weighted by atomic mass is 10.1. The highest BCUT2D eigenvalue weighted by Crippen LogP contribution is 2.38. The van der Waals surface area contributed by atoms with Gasteiger partial charge in [0.2, 0.25) is 0 Å². The molecular weight excluding hydrogens is 502 g/mol. The lowest BCUT2D eigenvalue weighted by Crippen LogP contribution is -2.27. The maximum Gasteiger partial charge on any atom is 0.270 e. The number of nitrogens with zero attached hydrogens (tertiary/aromatic N) is 1. The van der Waals surface area contributed by atoms with Crippen molar-refractivity contribution in [2.75, 3.05) is 18.6 Å². The summed E-state index contributed by atoms with van der Waals surface area (Å²) in [7, 11) is 1.60. The molecule has 4 aromatic rings. The number of thiocarbonyl (C=S) groups is 1. The second kappa shape index (κ2) is 11.1. The van der Waals surface area contributed by atoms with Crippen LogP contribution in [0, 0.1) is 0 Å². The van der Waals surface area contributed by atoms with E-state index in [4.69, 9.17) is 26.4 Å². The van der Waals surface area contributed by atoms with E-state index >= 15 is 0 Å². The van der Waals surface area contributed by atoms with Crippen LogP contribution in [0.1, 0.15) is 18.1 Å². The van der Waals surface area contributed by atoms with Crippen molar-refractivity contribution in [2.45, 2.75) is 13.5 Å². The van der Waals surface area contributed by atoms with Gasteiger partial charge in [-0.3, -0.25) is 9.69 Å². The molecule has 0 N–H and O–H groups in total. The summed E-state index contributed by atoms with van der Waals surface area (Å²) in [6.45, 7) is 2.85. The summed E-state index contributed by atoms with van der Waals surface area (Å²) in [6, 6.07) is 27.5. The highest BCUT2D eigenvalue weighted by Gasteiger charge is 2.33. The van der Waals surface area contributed by atoms with Crippen molar-refractivity contribution < 1.29 is 19.0 Å².